The maximum absolute atomic E-state index is 5.98. The first kappa shape index (κ1) is 14.1. The number of hydrogen-bond donors (Lipinski definition) is 1. The molecule has 2 unspecified atom stereocenters. The number of aryl methyl sites for hydroxylation is 2. The highest BCUT2D eigenvalue weighted by molar-refractivity contribution is 5.30. The highest BCUT2D eigenvalue weighted by Gasteiger charge is 2.31. The lowest BCUT2D eigenvalue weighted by molar-refractivity contribution is -0.0470. The SMILES string of the molecule is Cc1ccc(C)c(CNCC2CN3CCCC3CO2)c1. The van der Waals surface area contributed by atoms with E-state index in [1.54, 1.807) is 0 Å². The number of ether oxygens (including phenoxy) is 1. The van der Waals surface area contributed by atoms with Crippen LogP contribution in [0.2, 0.25) is 0 Å². The molecule has 1 aromatic carbocycles. The number of hydrogen-bond acceptors (Lipinski definition) is 3. The fourth-order valence-corrected chi connectivity index (χ4v) is 3.37. The topological polar surface area (TPSA) is 24.5 Å². The van der Waals surface area contributed by atoms with Crippen LogP contribution in [0.25, 0.3) is 0 Å². The molecule has 3 heteroatoms. The van der Waals surface area contributed by atoms with E-state index in [4.69, 9.17) is 4.74 Å². The van der Waals surface area contributed by atoms with Crippen molar-refractivity contribution < 1.29 is 4.74 Å². The van der Waals surface area contributed by atoms with E-state index in [1.165, 1.54) is 36.1 Å². The Morgan fingerprint density at radius 2 is 2.25 bits per heavy atom. The molecule has 0 bridgehead atoms. The van der Waals surface area contributed by atoms with Gasteiger partial charge < -0.3 is 10.1 Å². The van der Waals surface area contributed by atoms with Gasteiger partial charge in [0.2, 0.25) is 0 Å². The molecule has 0 radical (unpaired) electrons. The summed E-state index contributed by atoms with van der Waals surface area (Å²) < 4.78 is 5.98. The summed E-state index contributed by atoms with van der Waals surface area (Å²) in [5.41, 5.74) is 4.10. The Kier molecular flexibility index (Phi) is 4.39. The average Bonchev–Trinajstić information content (AvgIpc) is 2.90. The van der Waals surface area contributed by atoms with Crippen LogP contribution < -0.4 is 5.32 Å². The summed E-state index contributed by atoms with van der Waals surface area (Å²) in [5.74, 6) is 0. The molecule has 2 saturated heterocycles. The zero-order chi connectivity index (χ0) is 13.9. The molecule has 20 heavy (non-hydrogen) atoms. The third-order valence-corrected chi connectivity index (χ3v) is 4.65. The Morgan fingerprint density at radius 3 is 3.15 bits per heavy atom. The van der Waals surface area contributed by atoms with Crippen LogP contribution in [-0.4, -0.2) is 43.3 Å². The minimum Gasteiger partial charge on any atom is -0.374 e. The number of morpholine rings is 1. The van der Waals surface area contributed by atoms with Gasteiger partial charge in [0.05, 0.1) is 12.7 Å². The van der Waals surface area contributed by atoms with Gasteiger partial charge in [0.25, 0.3) is 0 Å². The normalized spacial score (nSPS) is 26.7. The van der Waals surface area contributed by atoms with Crippen LogP contribution in [0.15, 0.2) is 18.2 Å². The van der Waals surface area contributed by atoms with Gasteiger partial charge >= 0.3 is 0 Å². The van der Waals surface area contributed by atoms with Gasteiger partial charge in [-0.2, -0.15) is 0 Å². The van der Waals surface area contributed by atoms with Crippen molar-refractivity contribution in [2.45, 2.75) is 45.4 Å². The van der Waals surface area contributed by atoms with Crippen LogP contribution >= 0.6 is 0 Å². The largest absolute Gasteiger partial charge is 0.374 e. The van der Waals surface area contributed by atoms with Crippen molar-refractivity contribution in [3.63, 3.8) is 0 Å². The monoisotopic (exact) mass is 274 g/mol. The van der Waals surface area contributed by atoms with Crippen molar-refractivity contribution in [1.82, 2.24) is 10.2 Å². The second-order valence-corrected chi connectivity index (χ2v) is 6.31. The predicted molar refractivity (Wildman–Crippen MR) is 82.0 cm³/mol. The van der Waals surface area contributed by atoms with Gasteiger partial charge in [0.15, 0.2) is 0 Å². The molecule has 0 spiro atoms. The van der Waals surface area contributed by atoms with Crippen LogP contribution in [-0.2, 0) is 11.3 Å². The first-order valence-corrected chi connectivity index (χ1v) is 7.85. The van der Waals surface area contributed by atoms with Crippen molar-refractivity contribution in [3.8, 4) is 0 Å². The first-order valence-electron chi connectivity index (χ1n) is 7.85. The Labute approximate surface area is 122 Å². The van der Waals surface area contributed by atoms with E-state index >= 15 is 0 Å². The second kappa shape index (κ2) is 6.25. The second-order valence-electron chi connectivity index (χ2n) is 6.31. The van der Waals surface area contributed by atoms with Gasteiger partial charge in [0.1, 0.15) is 0 Å². The summed E-state index contributed by atoms with van der Waals surface area (Å²) in [6, 6.07) is 7.36. The number of nitrogens with zero attached hydrogens (tertiary/aromatic N) is 1. The van der Waals surface area contributed by atoms with Gasteiger partial charge in [0, 0.05) is 25.7 Å². The van der Waals surface area contributed by atoms with Gasteiger partial charge in [-0.05, 0) is 44.4 Å². The van der Waals surface area contributed by atoms with Crippen molar-refractivity contribution in [1.29, 1.82) is 0 Å². The molecule has 3 rings (SSSR count). The fraction of sp³-hybridized carbons (Fsp3) is 0.647. The summed E-state index contributed by atoms with van der Waals surface area (Å²) in [6.45, 7) is 9.53. The summed E-state index contributed by atoms with van der Waals surface area (Å²) in [7, 11) is 0. The minimum absolute atomic E-state index is 0.356. The lowest BCUT2D eigenvalue weighted by Gasteiger charge is -2.35. The molecular weight excluding hydrogens is 248 g/mol. The molecule has 0 amide bonds. The summed E-state index contributed by atoms with van der Waals surface area (Å²) >= 11 is 0. The molecule has 2 aliphatic heterocycles. The maximum atomic E-state index is 5.98. The number of nitrogens with one attached hydrogen (secondary N) is 1. The highest BCUT2D eigenvalue weighted by Crippen LogP contribution is 2.22. The summed E-state index contributed by atoms with van der Waals surface area (Å²) in [4.78, 5) is 2.60. The smallest absolute Gasteiger partial charge is 0.0827 e. The molecule has 0 aromatic heterocycles. The maximum Gasteiger partial charge on any atom is 0.0827 e. The van der Waals surface area contributed by atoms with Gasteiger partial charge in [-0.15, -0.1) is 0 Å². The van der Waals surface area contributed by atoms with E-state index in [0.717, 1.165) is 26.2 Å². The Bertz CT molecular complexity index is 460. The third kappa shape index (κ3) is 3.22. The third-order valence-electron chi connectivity index (χ3n) is 4.65. The van der Waals surface area contributed by atoms with E-state index in [1.807, 2.05) is 0 Å². The average molecular weight is 274 g/mol. The van der Waals surface area contributed by atoms with Crippen molar-refractivity contribution >= 4 is 0 Å². The quantitative estimate of drug-likeness (QED) is 0.911. The molecule has 3 nitrogen and oxygen atoms in total. The molecule has 110 valence electrons. The van der Waals surface area contributed by atoms with Crippen molar-refractivity contribution in [3.05, 3.63) is 34.9 Å². The predicted octanol–water partition coefficient (Wildman–Crippen LogP) is 2.26. The highest BCUT2D eigenvalue weighted by atomic mass is 16.5. The lowest BCUT2D eigenvalue weighted by atomic mass is 10.1. The van der Waals surface area contributed by atoms with Gasteiger partial charge in [-0.1, -0.05) is 23.8 Å². The molecule has 2 fully saturated rings. The van der Waals surface area contributed by atoms with E-state index in [-0.39, 0.29) is 0 Å². The van der Waals surface area contributed by atoms with Crippen LogP contribution in [0.3, 0.4) is 0 Å². The summed E-state index contributed by atoms with van der Waals surface area (Å²) in [6.07, 6.45) is 3.02. The van der Waals surface area contributed by atoms with Crippen LogP contribution in [0, 0.1) is 13.8 Å². The first-order chi connectivity index (χ1) is 9.72. The number of rotatable bonds is 4. The Morgan fingerprint density at radius 1 is 1.35 bits per heavy atom. The Hall–Kier alpha value is -0.900. The van der Waals surface area contributed by atoms with Crippen LogP contribution in [0.1, 0.15) is 29.5 Å². The van der Waals surface area contributed by atoms with Crippen molar-refractivity contribution in [2.75, 3.05) is 26.2 Å². The molecule has 2 aliphatic rings. The molecule has 1 aromatic rings. The van der Waals surface area contributed by atoms with E-state index in [9.17, 15) is 0 Å². The molecular formula is C17H26N2O. The minimum atomic E-state index is 0.356. The van der Waals surface area contributed by atoms with Gasteiger partial charge in [-0.3, -0.25) is 4.90 Å². The molecule has 0 saturated carbocycles. The van der Waals surface area contributed by atoms with E-state index in [0.29, 0.717) is 12.1 Å². The number of fused-ring (bicyclic) bond motifs is 1. The Balaban J connectivity index is 1.47. The van der Waals surface area contributed by atoms with Crippen LogP contribution in [0.4, 0.5) is 0 Å². The molecule has 1 N–H and O–H groups in total. The standard InChI is InChI=1S/C17H26N2O/c1-13-5-6-14(2)15(8-13)9-18-10-17-11-19-7-3-4-16(19)12-20-17/h5-6,8,16-18H,3-4,7,9-12H2,1-2H3. The molecule has 2 atom stereocenters. The van der Waals surface area contributed by atoms with Crippen molar-refractivity contribution in [2.24, 2.45) is 0 Å². The van der Waals surface area contributed by atoms with E-state index < -0.39 is 0 Å². The lowest BCUT2D eigenvalue weighted by Crippen LogP contribution is -2.49. The fourth-order valence-electron chi connectivity index (χ4n) is 3.37. The zero-order valence-corrected chi connectivity index (χ0v) is 12.7. The zero-order valence-electron chi connectivity index (χ0n) is 12.7. The molecule has 2 heterocycles. The van der Waals surface area contributed by atoms with Gasteiger partial charge in [-0.25, -0.2) is 0 Å². The number of benzene rings is 1. The van der Waals surface area contributed by atoms with E-state index in [2.05, 4.69) is 42.3 Å². The molecule has 0 aliphatic carbocycles. The summed E-state index contributed by atoms with van der Waals surface area (Å²) in [5, 5.41) is 3.57. The van der Waals surface area contributed by atoms with Crippen LogP contribution in [0.5, 0.6) is 0 Å².